The molecule has 2 saturated heterocycles. The zero-order valence-electron chi connectivity index (χ0n) is 10.2. The van der Waals surface area contributed by atoms with Crippen LogP contribution < -0.4 is 0 Å². The molecule has 1 N–H and O–H groups in total. The van der Waals surface area contributed by atoms with E-state index in [2.05, 4.69) is 0 Å². The molecule has 2 atom stereocenters. The third-order valence-electron chi connectivity index (χ3n) is 3.62. The molecule has 0 aromatic heterocycles. The maximum absolute atomic E-state index is 11.9. The first-order chi connectivity index (χ1) is 8.54. The molecular formula is C11H19NO5S. The molecule has 0 spiro atoms. The van der Waals surface area contributed by atoms with E-state index in [0.717, 1.165) is 6.42 Å². The minimum Gasteiger partial charge on any atom is -0.394 e. The standard InChI is InChI=1S/C11H19NO5S/c13-6-9-7-17-8-11(14)12(9)5-10-3-1-2-4-18(10,15)16/h9-10,13H,1-8H2. The number of amides is 1. The van der Waals surface area contributed by atoms with Crippen molar-refractivity contribution in [1.29, 1.82) is 0 Å². The number of ether oxygens (including phenoxy) is 1. The van der Waals surface area contributed by atoms with Crippen molar-refractivity contribution >= 4 is 15.7 Å². The normalized spacial score (nSPS) is 32.5. The van der Waals surface area contributed by atoms with Gasteiger partial charge < -0.3 is 14.7 Å². The fraction of sp³-hybridized carbons (Fsp3) is 0.909. The van der Waals surface area contributed by atoms with Gasteiger partial charge in [0.25, 0.3) is 0 Å². The van der Waals surface area contributed by atoms with Crippen LogP contribution in [0.15, 0.2) is 0 Å². The van der Waals surface area contributed by atoms with Crippen LogP contribution in [-0.2, 0) is 19.4 Å². The highest BCUT2D eigenvalue weighted by Gasteiger charge is 2.35. The summed E-state index contributed by atoms with van der Waals surface area (Å²) in [6.07, 6.45) is 2.19. The van der Waals surface area contributed by atoms with Crippen molar-refractivity contribution in [3.63, 3.8) is 0 Å². The SMILES string of the molecule is O=C1COCC(CO)N1CC1CCCCS1(=O)=O. The highest BCUT2D eigenvalue weighted by molar-refractivity contribution is 7.92. The molecule has 2 unspecified atom stereocenters. The molecule has 18 heavy (non-hydrogen) atoms. The van der Waals surface area contributed by atoms with Gasteiger partial charge in [0.2, 0.25) is 5.91 Å². The molecule has 0 aromatic rings. The first-order valence-electron chi connectivity index (χ1n) is 6.24. The van der Waals surface area contributed by atoms with Crippen molar-refractivity contribution in [3.8, 4) is 0 Å². The van der Waals surface area contributed by atoms with E-state index in [-0.39, 0.29) is 38.0 Å². The predicted molar refractivity (Wildman–Crippen MR) is 64.8 cm³/mol. The number of sulfone groups is 1. The van der Waals surface area contributed by atoms with Gasteiger partial charge in [-0.15, -0.1) is 0 Å². The zero-order chi connectivity index (χ0) is 13.2. The molecule has 2 heterocycles. The Morgan fingerprint density at radius 3 is 2.83 bits per heavy atom. The topological polar surface area (TPSA) is 83.9 Å². The number of hydrogen-bond donors (Lipinski definition) is 1. The molecule has 0 bridgehead atoms. The van der Waals surface area contributed by atoms with Crippen LogP contribution in [0.1, 0.15) is 19.3 Å². The van der Waals surface area contributed by atoms with Crippen LogP contribution in [0.3, 0.4) is 0 Å². The van der Waals surface area contributed by atoms with Crippen LogP contribution >= 0.6 is 0 Å². The lowest BCUT2D eigenvalue weighted by Crippen LogP contribution is -2.54. The van der Waals surface area contributed by atoms with Gasteiger partial charge >= 0.3 is 0 Å². The van der Waals surface area contributed by atoms with Crippen LogP contribution in [0.4, 0.5) is 0 Å². The van der Waals surface area contributed by atoms with E-state index in [0.29, 0.717) is 12.8 Å². The maximum atomic E-state index is 11.9. The molecular weight excluding hydrogens is 258 g/mol. The van der Waals surface area contributed by atoms with E-state index in [9.17, 15) is 18.3 Å². The van der Waals surface area contributed by atoms with Crippen molar-refractivity contribution in [2.24, 2.45) is 0 Å². The van der Waals surface area contributed by atoms with Gasteiger partial charge in [0.15, 0.2) is 9.84 Å². The van der Waals surface area contributed by atoms with Crippen LogP contribution in [-0.4, -0.2) is 67.7 Å². The predicted octanol–water partition coefficient (Wildman–Crippen LogP) is -0.827. The Labute approximate surface area is 107 Å². The van der Waals surface area contributed by atoms with Crippen LogP contribution in [0.2, 0.25) is 0 Å². The molecule has 2 fully saturated rings. The molecule has 0 saturated carbocycles. The minimum absolute atomic E-state index is 0.0245. The van der Waals surface area contributed by atoms with Gasteiger partial charge in [-0.25, -0.2) is 8.42 Å². The Kier molecular flexibility index (Phi) is 4.24. The quantitative estimate of drug-likeness (QED) is 0.728. The van der Waals surface area contributed by atoms with Gasteiger partial charge in [-0.1, -0.05) is 6.42 Å². The summed E-state index contributed by atoms with van der Waals surface area (Å²) in [5, 5.41) is 8.73. The number of aliphatic hydroxyl groups excluding tert-OH is 1. The monoisotopic (exact) mass is 277 g/mol. The Bertz CT molecular complexity index is 408. The second-order valence-electron chi connectivity index (χ2n) is 4.88. The molecule has 2 aliphatic heterocycles. The summed E-state index contributed by atoms with van der Waals surface area (Å²) in [6.45, 7) is 0.243. The second kappa shape index (κ2) is 5.54. The number of carbonyl (C=O) groups is 1. The average molecular weight is 277 g/mol. The van der Waals surface area contributed by atoms with E-state index in [1.807, 2.05) is 0 Å². The van der Waals surface area contributed by atoms with Crippen molar-refractivity contribution in [2.45, 2.75) is 30.6 Å². The Hall–Kier alpha value is -0.660. The third-order valence-corrected chi connectivity index (χ3v) is 5.88. The summed E-state index contributed by atoms with van der Waals surface area (Å²) in [5.74, 6) is -0.0268. The van der Waals surface area contributed by atoms with Gasteiger partial charge in [-0.2, -0.15) is 0 Å². The summed E-state index contributed by atoms with van der Waals surface area (Å²) in [7, 11) is -3.09. The van der Waals surface area contributed by atoms with Gasteiger partial charge in [0.05, 0.1) is 30.3 Å². The van der Waals surface area contributed by atoms with E-state index in [1.165, 1.54) is 4.90 Å². The van der Waals surface area contributed by atoms with Crippen molar-refractivity contribution in [3.05, 3.63) is 0 Å². The molecule has 0 radical (unpaired) electrons. The second-order valence-corrected chi connectivity index (χ2v) is 7.28. The lowest BCUT2D eigenvalue weighted by Gasteiger charge is -2.37. The van der Waals surface area contributed by atoms with Crippen LogP contribution in [0.5, 0.6) is 0 Å². The van der Waals surface area contributed by atoms with E-state index in [4.69, 9.17) is 4.74 Å². The van der Waals surface area contributed by atoms with Gasteiger partial charge in [0.1, 0.15) is 6.61 Å². The molecule has 104 valence electrons. The summed E-state index contributed by atoms with van der Waals surface area (Å²) in [6, 6.07) is -0.414. The van der Waals surface area contributed by atoms with Crippen molar-refractivity contribution in [1.82, 2.24) is 4.90 Å². The smallest absolute Gasteiger partial charge is 0.249 e. The van der Waals surface area contributed by atoms with E-state index < -0.39 is 21.1 Å². The third kappa shape index (κ3) is 2.84. The molecule has 7 heteroatoms. The Balaban J connectivity index is 2.08. The zero-order valence-corrected chi connectivity index (χ0v) is 11.1. The Morgan fingerprint density at radius 1 is 1.39 bits per heavy atom. The van der Waals surface area contributed by atoms with Gasteiger partial charge in [-0.05, 0) is 12.8 Å². The molecule has 1 amide bonds. The molecule has 6 nitrogen and oxygen atoms in total. The molecule has 2 rings (SSSR count). The van der Waals surface area contributed by atoms with E-state index in [1.54, 1.807) is 0 Å². The fourth-order valence-electron chi connectivity index (χ4n) is 2.51. The number of carbonyl (C=O) groups excluding carboxylic acids is 1. The largest absolute Gasteiger partial charge is 0.394 e. The maximum Gasteiger partial charge on any atom is 0.249 e. The number of rotatable bonds is 3. The number of nitrogens with zero attached hydrogens (tertiary/aromatic N) is 1. The molecule has 2 aliphatic rings. The van der Waals surface area contributed by atoms with Gasteiger partial charge in [-0.3, -0.25) is 4.79 Å². The van der Waals surface area contributed by atoms with Crippen molar-refractivity contribution in [2.75, 3.05) is 32.1 Å². The first-order valence-corrected chi connectivity index (χ1v) is 7.96. The summed E-state index contributed by atoms with van der Waals surface area (Å²) in [4.78, 5) is 13.2. The Morgan fingerprint density at radius 2 is 2.17 bits per heavy atom. The number of morpholine rings is 1. The lowest BCUT2D eigenvalue weighted by atomic mass is 10.1. The summed E-state index contributed by atoms with van der Waals surface area (Å²) in [5.41, 5.74) is 0. The minimum atomic E-state index is -3.09. The fourth-order valence-corrected chi connectivity index (χ4v) is 4.36. The lowest BCUT2D eigenvalue weighted by molar-refractivity contribution is -0.149. The highest BCUT2D eigenvalue weighted by atomic mass is 32.2. The average Bonchev–Trinajstić information content (AvgIpc) is 2.33. The number of hydrogen-bond acceptors (Lipinski definition) is 5. The molecule has 0 aromatic carbocycles. The van der Waals surface area contributed by atoms with Crippen LogP contribution in [0, 0.1) is 0 Å². The van der Waals surface area contributed by atoms with E-state index >= 15 is 0 Å². The van der Waals surface area contributed by atoms with Crippen LogP contribution in [0.25, 0.3) is 0 Å². The summed E-state index contributed by atoms with van der Waals surface area (Å²) < 4.78 is 28.9. The number of aliphatic hydroxyl groups is 1. The van der Waals surface area contributed by atoms with Gasteiger partial charge in [0, 0.05) is 6.54 Å². The first kappa shape index (κ1) is 13.8. The highest BCUT2D eigenvalue weighted by Crippen LogP contribution is 2.22. The molecule has 0 aliphatic carbocycles. The summed E-state index contributed by atoms with van der Waals surface area (Å²) >= 11 is 0. The van der Waals surface area contributed by atoms with Crippen molar-refractivity contribution < 1.29 is 23.1 Å².